The van der Waals surface area contributed by atoms with E-state index in [-0.39, 0.29) is 23.0 Å². The fourth-order valence-electron chi connectivity index (χ4n) is 1.42. The first-order chi connectivity index (χ1) is 5.18. The Balaban J connectivity index is 0. The van der Waals surface area contributed by atoms with Gasteiger partial charge in [0.2, 0.25) is 0 Å². The van der Waals surface area contributed by atoms with Crippen LogP contribution in [0, 0.1) is 5.41 Å². The van der Waals surface area contributed by atoms with Gasteiger partial charge in [0.25, 0.3) is 0 Å². The number of hydrogen-bond acceptors (Lipinski definition) is 3. The molecule has 0 aromatic carbocycles. The normalized spacial score (nSPS) is 11.0. The number of hydrogen-bond donors (Lipinski definition) is 3. The molecule has 0 bridgehead atoms. The van der Waals surface area contributed by atoms with E-state index in [0.717, 1.165) is 38.9 Å². The fourth-order valence-corrected chi connectivity index (χ4v) is 1.42. The van der Waals surface area contributed by atoms with Gasteiger partial charge in [-0.05, 0) is 44.3 Å². The second-order valence-electron chi connectivity index (χ2n) is 3.43. The van der Waals surface area contributed by atoms with E-state index in [0.29, 0.717) is 0 Å². The molecule has 3 nitrogen and oxygen atoms in total. The summed E-state index contributed by atoms with van der Waals surface area (Å²) in [6, 6.07) is 0. The molecule has 0 spiro atoms. The Morgan fingerprint density at radius 1 is 0.833 bits per heavy atom. The van der Waals surface area contributed by atoms with Gasteiger partial charge in [0.1, 0.15) is 0 Å². The third kappa shape index (κ3) is 6.00. The summed E-state index contributed by atoms with van der Waals surface area (Å²) in [7, 11) is 0. The topological polar surface area (TPSA) is 78.1 Å². The maximum absolute atomic E-state index is 5.49. The van der Waals surface area contributed by atoms with Gasteiger partial charge in [-0.25, -0.2) is 0 Å². The minimum atomic E-state index is 0. The van der Waals surface area contributed by atoms with Gasteiger partial charge in [-0.15, -0.1) is 0 Å². The molecule has 0 atom stereocenters. The quantitative estimate of drug-likeness (QED) is 0.495. The first-order valence-electron chi connectivity index (χ1n) is 4.29. The van der Waals surface area contributed by atoms with Crippen LogP contribution in [-0.2, 0) is 0 Å². The molecule has 0 heterocycles. The molecule has 0 fully saturated rings. The van der Waals surface area contributed by atoms with Crippen LogP contribution >= 0.6 is 0 Å². The van der Waals surface area contributed by atoms with Crippen molar-refractivity contribution in [3.63, 3.8) is 0 Å². The molecule has 6 N–H and O–H groups in total. The van der Waals surface area contributed by atoms with Crippen molar-refractivity contribution in [2.24, 2.45) is 22.6 Å². The van der Waals surface area contributed by atoms with Crippen molar-refractivity contribution in [1.82, 2.24) is 0 Å². The van der Waals surface area contributed by atoms with Crippen LogP contribution in [0.5, 0.6) is 0 Å². The molecule has 0 saturated carbocycles. The summed E-state index contributed by atoms with van der Waals surface area (Å²) in [5, 5.41) is 0. The zero-order valence-electron chi connectivity index (χ0n) is 7.47. The van der Waals surface area contributed by atoms with Crippen molar-refractivity contribution in [2.45, 2.75) is 26.2 Å². The van der Waals surface area contributed by atoms with Crippen molar-refractivity contribution < 1.29 is 0 Å². The van der Waals surface area contributed by atoms with Crippen molar-refractivity contribution in [2.75, 3.05) is 19.6 Å². The van der Waals surface area contributed by atoms with Gasteiger partial charge in [0, 0.05) is 0 Å². The monoisotopic (exact) mass is 237 g/mol. The minimum absolute atomic E-state index is 0. The summed E-state index contributed by atoms with van der Waals surface area (Å²) < 4.78 is 0. The van der Waals surface area contributed by atoms with Gasteiger partial charge in [-0.3, -0.25) is 0 Å². The first-order valence-corrected chi connectivity index (χ1v) is 4.29. The number of rotatable bonds is 6. The molecule has 0 aromatic rings. The average molecular weight is 236 g/mol. The molecule has 0 saturated heterocycles. The Kier molecular flexibility index (Phi) is 10.00. The molecule has 76 valence electrons. The molecule has 0 amide bonds. The SMILES string of the molecule is CC(CCN)(CCN)CCN.[GeH4]. The van der Waals surface area contributed by atoms with E-state index in [1.54, 1.807) is 0 Å². The Morgan fingerprint density at radius 3 is 1.25 bits per heavy atom. The molecular weight excluding hydrogens is 211 g/mol. The fraction of sp³-hybridized carbons (Fsp3) is 1.00. The molecular formula is C8H25GeN3. The van der Waals surface area contributed by atoms with Crippen molar-refractivity contribution in [3.05, 3.63) is 0 Å². The predicted octanol–water partition coefficient (Wildman–Crippen LogP) is -1.41. The van der Waals surface area contributed by atoms with Crippen LogP contribution in [0.2, 0.25) is 0 Å². The maximum atomic E-state index is 5.49. The molecule has 12 heavy (non-hydrogen) atoms. The Hall–Kier alpha value is 0.423. The molecule has 0 rings (SSSR count). The second-order valence-corrected chi connectivity index (χ2v) is 3.43. The molecule has 0 aliphatic rings. The summed E-state index contributed by atoms with van der Waals surface area (Å²) in [4.78, 5) is 0. The predicted molar refractivity (Wildman–Crippen MR) is 60.5 cm³/mol. The molecule has 0 radical (unpaired) electrons. The van der Waals surface area contributed by atoms with E-state index < -0.39 is 0 Å². The summed E-state index contributed by atoms with van der Waals surface area (Å²) >= 11 is 0. The van der Waals surface area contributed by atoms with Crippen LogP contribution in [0.3, 0.4) is 0 Å². The van der Waals surface area contributed by atoms with E-state index in [1.807, 2.05) is 0 Å². The molecule has 4 heteroatoms. The standard InChI is InChI=1S/C8H21N3.GeH4/c1-8(2-5-9,3-6-10)4-7-11;/h2-7,9-11H2,1H3;1H4. The molecule has 0 aromatic heterocycles. The van der Waals surface area contributed by atoms with Gasteiger partial charge < -0.3 is 17.2 Å². The third-order valence-electron chi connectivity index (χ3n) is 2.24. The third-order valence-corrected chi connectivity index (χ3v) is 2.24. The van der Waals surface area contributed by atoms with E-state index in [2.05, 4.69) is 6.92 Å². The zero-order valence-corrected chi connectivity index (χ0v) is 7.47. The summed E-state index contributed by atoms with van der Waals surface area (Å²) in [6.45, 7) is 4.41. The van der Waals surface area contributed by atoms with Crippen LogP contribution in [0.4, 0.5) is 0 Å². The van der Waals surface area contributed by atoms with Crippen LogP contribution in [-0.4, -0.2) is 37.2 Å². The summed E-state index contributed by atoms with van der Waals surface area (Å²) in [6.07, 6.45) is 3.09. The Morgan fingerprint density at radius 2 is 1.08 bits per heavy atom. The summed E-state index contributed by atoms with van der Waals surface area (Å²) in [5.41, 5.74) is 16.8. The van der Waals surface area contributed by atoms with Crippen molar-refractivity contribution in [1.29, 1.82) is 0 Å². The van der Waals surface area contributed by atoms with E-state index in [9.17, 15) is 0 Å². The van der Waals surface area contributed by atoms with Crippen LogP contribution < -0.4 is 17.2 Å². The van der Waals surface area contributed by atoms with Gasteiger partial charge in [-0.1, -0.05) is 6.92 Å². The van der Waals surface area contributed by atoms with E-state index in [1.165, 1.54) is 0 Å². The van der Waals surface area contributed by atoms with Gasteiger partial charge in [-0.2, -0.15) is 0 Å². The van der Waals surface area contributed by atoms with Crippen LogP contribution in [0.25, 0.3) is 0 Å². The first kappa shape index (κ1) is 14.9. The average Bonchev–Trinajstić information content (AvgIpc) is 1.88. The van der Waals surface area contributed by atoms with Gasteiger partial charge >= 0.3 is 17.6 Å². The van der Waals surface area contributed by atoms with E-state index in [4.69, 9.17) is 17.2 Å². The van der Waals surface area contributed by atoms with Crippen molar-refractivity contribution in [3.8, 4) is 0 Å². The Bertz CT molecular complexity index is 81.3. The number of nitrogens with two attached hydrogens (primary N) is 3. The van der Waals surface area contributed by atoms with Crippen LogP contribution in [0.1, 0.15) is 26.2 Å². The molecule has 0 aliphatic heterocycles. The Labute approximate surface area is 86.4 Å². The zero-order chi connectivity index (χ0) is 8.74. The van der Waals surface area contributed by atoms with Gasteiger partial charge in [0.05, 0.1) is 0 Å². The van der Waals surface area contributed by atoms with Gasteiger partial charge in [0.15, 0.2) is 0 Å². The van der Waals surface area contributed by atoms with E-state index >= 15 is 0 Å². The second kappa shape index (κ2) is 8.04. The van der Waals surface area contributed by atoms with Crippen molar-refractivity contribution >= 4 is 17.6 Å². The molecule has 0 aliphatic carbocycles. The molecule has 0 unspecified atom stereocenters. The van der Waals surface area contributed by atoms with Crippen LogP contribution in [0.15, 0.2) is 0 Å². The summed E-state index contributed by atoms with van der Waals surface area (Å²) in [5.74, 6) is 0.